The van der Waals surface area contributed by atoms with Crippen LogP contribution in [0.2, 0.25) is 0 Å². The van der Waals surface area contributed by atoms with Crippen LogP contribution in [0.25, 0.3) is 0 Å². The third kappa shape index (κ3) is 3.87. The first kappa shape index (κ1) is 15.6. The molecule has 0 aromatic heterocycles. The molecule has 2 rings (SSSR count). The Hall–Kier alpha value is -1.76. The van der Waals surface area contributed by atoms with E-state index in [0.29, 0.717) is 24.3 Å². The van der Waals surface area contributed by atoms with E-state index in [1.807, 2.05) is 0 Å². The smallest absolute Gasteiger partial charge is 0.252 e. The number of nitrogens with two attached hydrogens (primary N) is 2. The SMILES string of the molecule is CS(=O)(=O)C1CCCC(Oc2cc(N)ccc2C(N)=O)C1. The van der Waals surface area contributed by atoms with Crippen LogP contribution in [0.15, 0.2) is 18.2 Å². The fraction of sp³-hybridized carbons (Fsp3) is 0.500. The van der Waals surface area contributed by atoms with Crippen molar-refractivity contribution in [2.75, 3.05) is 12.0 Å². The minimum atomic E-state index is -3.08. The molecule has 0 bridgehead atoms. The summed E-state index contributed by atoms with van der Waals surface area (Å²) in [7, 11) is -3.08. The van der Waals surface area contributed by atoms with Crippen molar-refractivity contribution in [2.24, 2.45) is 5.73 Å². The molecular formula is C14H20N2O4S. The van der Waals surface area contributed by atoms with Gasteiger partial charge in [0.2, 0.25) is 0 Å². The number of benzene rings is 1. The maximum Gasteiger partial charge on any atom is 0.252 e. The number of primary amides is 1. The molecule has 21 heavy (non-hydrogen) atoms. The summed E-state index contributed by atoms with van der Waals surface area (Å²) in [5.41, 5.74) is 11.7. The van der Waals surface area contributed by atoms with Crippen LogP contribution in [0.4, 0.5) is 5.69 Å². The largest absolute Gasteiger partial charge is 0.489 e. The molecule has 0 spiro atoms. The van der Waals surface area contributed by atoms with Crippen molar-refractivity contribution in [3.8, 4) is 5.75 Å². The van der Waals surface area contributed by atoms with Crippen LogP contribution < -0.4 is 16.2 Å². The fourth-order valence-corrected chi connectivity index (χ4v) is 3.78. The zero-order valence-corrected chi connectivity index (χ0v) is 12.7. The fourth-order valence-electron chi connectivity index (χ4n) is 2.62. The van der Waals surface area contributed by atoms with E-state index in [1.165, 1.54) is 12.3 Å². The van der Waals surface area contributed by atoms with Gasteiger partial charge in [-0.25, -0.2) is 8.42 Å². The molecule has 4 N–H and O–H groups in total. The van der Waals surface area contributed by atoms with Crippen LogP contribution >= 0.6 is 0 Å². The van der Waals surface area contributed by atoms with E-state index in [1.54, 1.807) is 12.1 Å². The highest BCUT2D eigenvalue weighted by Crippen LogP contribution is 2.30. The number of amides is 1. The Kier molecular flexibility index (Phi) is 4.41. The van der Waals surface area contributed by atoms with Gasteiger partial charge < -0.3 is 16.2 Å². The van der Waals surface area contributed by atoms with Gasteiger partial charge >= 0.3 is 0 Å². The maximum atomic E-state index is 11.7. The lowest BCUT2D eigenvalue weighted by atomic mass is 9.97. The van der Waals surface area contributed by atoms with Crippen molar-refractivity contribution in [3.63, 3.8) is 0 Å². The van der Waals surface area contributed by atoms with Gasteiger partial charge in [0.05, 0.1) is 16.9 Å². The number of carbonyl (C=O) groups is 1. The van der Waals surface area contributed by atoms with Gasteiger partial charge in [-0.1, -0.05) is 0 Å². The van der Waals surface area contributed by atoms with Crippen molar-refractivity contribution < 1.29 is 17.9 Å². The van der Waals surface area contributed by atoms with E-state index in [9.17, 15) is 13.2 Å². The van der Waals surface area contributed by atoms with E-state index in [-0.39, 0.29) is 11.7 Å². The molecule has 116 valence electrons. The van der Waals surface area contributed by atoms with Gasteiger partial charge in [0.15, 0.2) is 0 Å². The number of nitrogen functional groups attached to an aromatic ring is 1. The predicted octanol–water partition coefficient (Wildman–Crippen LogP) is 1.10. The molecule has 1 saturated carbocycles. The molecule has 6 nitrogen and oxygen atoms in total. The Bertz CT molecular complexity index is 642. The van der Waals surface area contributed by atoms with Crippen molar-refractivity contribution in [2.45, 2.75) is 37.0 Å². The van der Waals surface area contributed by atoms with Gasteiger partial charge in [-0.05, 0) is 31.4 Å². The van der Waals surface area contributed by atoms with Gasteiger partial charge in [0, 0.05) is 24.4 Å². The lowest BCUT2D eigenvalue weighted by molar-refractivity contribution is 0.0988. The minimum absolute atomic E-state index is 0.252. The van der Waals surface area contributed by atoms with E-state index in [2.05, 4.69) is 0 Å². The monoisotopic (exact) mass is 312 g/mol. The van der Waals surface area contributed by atoms with E-state index in [4.69, 9.17) is 16.2 Å². The Morgan fingerprint density at radius 2 is 2.05 bits per heavy atom. The second kappa shape index (κ2) is 5.93. The Morgan fingerprint density at radius 3 is 2.67 bits per heavy atom. The molecule has 2 unspecified atom stereocenters. The molecule has 1 aromatic carbocycles. The number of sulfone groups is 1. The lowest BCUT2D eigenvalue weighted by Crippen LogP contribution is -2.33. The number of rotatable bonds is 4. The maximum absolute atomic E-state index is 11.7. The molecule has 0 heterocycles. The normalized spacial score (nSPS) is 22.7. The second-order valence-electron chi connectivity index (χ2n) is 5.48. The Balaban J connectivity index is 2.18. The summed E-state index contributed by atoms with van der Waals surface area (Å²) in [6.45, 7) is 0. The first-order valence-corrected chi connectivity index (χ1v) is 8.77. The van der Waals surface area contributed by atoms with Crippen LogP contribution in [-0.4, -0.2) is 31.9 Å². The topological polar surface area (TPSA) is 112 Å². The van der Waals surface area contributed by atoms with Crippen LogP contribution in [0, 0.1) is 0 Å². The first-order chi connectivity index (χ1) is 9.77. The molecule has 1 aromatic rings. The zero-order chi connectivity index (χ0) is 15.6. The molecule has 1 aliphatic rings. The van der Waals surface area contributed by atoms with Crippen LogP contribution in [-0.2, 0) is 9.84 Å². The van der Waals surface area contributed by atoms with Crippen LogP contribution in [0.3, 0.4) is 0 Å². The average Bonchev–Trinajstić information content (AvgIpc) is 2.37. The standard InChI is InChI=1S/C14H20N2O4S/c1-21(18,19)11-4-2-3-10(8-11)20-13-7-9(15)5-6-12(13)14(16)17/h5-7,10-11H,2-4,8,15H2,1H3,(H2,16,17). The zero-order valence-electron chi connectivity index (χ0n) is 11.9. The molecule has 0 saturated heterocycles. The van der Waals surface area contributed by atoms with Crippen molar-refractivity contribution in [1.82, 2.24) is 0 Å². The van der Waals surface area contributed by atoms with Crippen molar-refractivity contribution in [1.29, 1.82) is 0 Å². The van der Waals surface area contributed by atoms with Gasteiger partial charge in [-0.3, -0.25) is 4.79 Å². The van der Waals surface area contributed by atoms with E-state index < -0.39 is 21.0 Å². The summed E-state index contributed by atoms with van der Waals surface area (Å²) in [6, 6.07) is 4.64. The highest BCUT2D eigenvalue weighted by atomic mass is 32.2. The molecular weight excluding hydrogens is 292 g/mol. The highest BCUT2D eigenvalue weighted by Gasteiger charge is 2.30. The van der Waals surface area contributed by atoms with Gasteiger partial charge in [-0.2, -0.15) is 0 Å². The summed E-state index contributed by atoms with van der Waals surface area (Å²) >= 11 is 0. The second-order valence-corrected chi connectivity index (χ2v) is 7.80. The first-order valence-electron chi connectivity index (χ1n) is 6.82. The summed E-state index contributed by atoms with van der Waals surface area (Å²) in [4.78, 5) is 11.4. The van der Waals surface area contributed by atoms with Gasteiger partial charge in [-0.15, -0.1) is 0 Å². The third-order valence-corrected chi connectivity index (χ3v) is 5.39. The van der Waals surface area contributed by atoms with Gasteiger partial charge in [0.1, 0.15) is 15.6 Å². The molecule has 0 aliphatic heterocycles. The number of hydrogen-bond acceptors (Lipinski definition) is 5. The predicted molar refractivity (Wildman–Crippen MR) is 80.9 cm³/mol. The van der Waals surface area contributed by atoms with Gasteiger partial charge in [0.25, 0.3) is 5.91 Å². The van der Waals surface area contributed by atoms with Crippen molar-refractivity contribution >= 4 is 21.4 Å². The molecule has 7 heteroatoms. The molecule has 1 amide bonds. The van der Waals surface area contributed by atoms with Crippen LogP contribution in [0.1, 0.15) is 36.0 Å². The third-order valence-electron chi connectivity index (χ3n) is 3.75. The van der Waals surface area contributed by atoms with E-state index in [0.717, 1.165) is 12.8 Å². The molecule has 1 aliphatic carbocycles. The number of ether oxygens (including phenoxy) is 1. The minimum Gasteiger partial charge on any atom is -0.489 e. The quantitative estimate of drug-likeness (QED) is 0.808. The molecule has 0 radical (unpaired) electrons. The highest BCUT2D eigenvalue weighted by molar-refractivity contribution is 7.91. The van der Waals surface area contributed by atoms with E-state index >= 15 is 0 Å². The Labute approximate surface area is 124 Å². The summed E-state index contributed by atoms with van der Waals surface area (Å²) in [6.07, 6.45) is 3.59. The average molecular weight is 312 g/mol. The number of hydrogen-bond donors (Lipinski definition) is 2. The molecule has 1 fully saturated rings. The summed E-state index contributed by atoms with van der Waals surface area (Å²) in [5, 5.41) is -0.394. The number of anilines is 1. The molecule has 2 atom stereocenters. The number of carbonyl (C=O) groups excluding carboxylic acids is 1. The summed E-state index contributed by atoms with van der Waals surface area (Å²) < 4.78 is 29.1. The lowest BCUT2D eigenvalue weighted by Gasteiger charge is -2.29. The Morgan fingerprint density at radius 1 is 1.33 bits per heavy atom. The van der Waals surface area contributed by atoms with Crippen LogP contribution in [0.5, 0.6) is 5.75 Å². The summed E-state index contributed by atoms with van der Waals surface area (Å²) in [5.74, 6) is -0.276. The van der Waals surface area contributed by atoms with Crippen molar-refractivity contribution in [3.05, 3.63) is 23.8 Å².